The Morgan fingerprint density at radius 3 is 2.49 bits per heavy atom. The zero-order valence-corrected chi connectivity index (χ0v) is 32.0. The summed E-state index contributed by atoms with van der Waals surface area (Å²) in [6.45, 7) is 12.8. The summed E-state index contributed by atoms with van der Waals surface area (Å²) in [6.07, 6.45) is 7.15. The van der Waals surface area contributed by atoms with E-state index in [1.165, 1.54) is 27.6 Å². The number of rotatable bonds is 8. The van der Waals surface area contributed by atoms with E-state index in [1.54, 1.807) is 7.05 Å². The molecule has 12 heteroatoms. The molecule has 284 valence electrons. The van der Waals surface area contributed by atoms with Gasteiger partial charge in [-0.05, 0) is 95.7 Å². The number of nitrogens with zero attached hydrogens (tertiary/aromatic N) is 6. The van der Waals surface area contributed by atoms with E-state index in [0.717, 1.165) is 76.0 Å². The van der Waals surface area contributed by atoms with Crippen LogP contribution < -0.4 is 19.9 Å². The number of hydrogen-bond donors (Lipinski definition) is 1. The lowest BCUT2D eigenvalue weighted by molar-refractivity contribution is 0.0122. The maximum absolute atomic E-state index is 13.3. The molecule has 1 N–H and O–H groups in total. The number of nitrogens with one attached hydrogen (secondary N) is 1. The minimum Gasteiger partial charge on any atom is -0.461 e. The summed E-state index contributed by atoms with van der Waals surface area (Å²) >= 11 is 0. The topological polar surface area (TPSA) is 113 Å². The fourth-order valence-electron chi connectivity index (χ4n) is 9.80. The van der Waals surface area contributed by atoms with Gasteiger partial charge in [-0.15, -0.1) is 0 Å². The van der Waals surface area contributed by atoms with Crippen LogP contribution in [0.3, 0.4) is 0 Å². The van der Waals surface area contributed by atoms with Crippen molar-refractivity contribution >= 4 is 34.5 Å². The van der Waals surface area contributed by atoms with Crippen LogP contribution in [-0.2, 0) is 28.9 Å². The summed E-state index contributed by atoms with van der Waals surface area (Å²) in [5.41, 5.74) is 4.12. The van der Waals surface area contributed by atoms with Crippen molar-refractivity contribution in [1.29, 1.82) is 0 Å². The highest BCUT2D eigenvalue weighted by Crippen LogP contribution is 2.44. The monoisotopic (exact) mass is 725 g/mol. The molecule has 0 spiro atoms. The van der Waals surface area contributed by atoms with Crippen molar-refractivity contribution < 1.29 is 23.8 Å². The smallest absolute Gasteiger partial charge is 0.410 e. The lowest BCUT2D eigenvalue weighted by Gasteiger charge is -2.43. The minimum atomic E-state index is -0.537. The highest BCUT2D eigenvalue weighted by molar-refractivity contribution is 5.97. The molecule has 2 unspecified atom stereocenters. The van der Waals surface area contributed by atoms with Crippen LogP contribution in [0.2, 0.25) is 0 Å². The van der Waals surface area contributed by atoms with E-state index >= 15 is 0 Å². The molecule has 4 fully saturated rings. The maximum atomic E-state index is 13.3. The van der Waals surface area contributed by atoms with Crippen LogP contribution in [-0.4, -0.2) is 108 Å². The molecule has 0 radical (unpaired) electrons. The average Bonchev–Trinajstić information content (AvgIpc) is 3.80. The molecular formula is C41H55N7O5. The Bertz CT molecular complexity index is 1840. The van der Waals surface area contributed by atoms with Gasteiger partial charge in [-0.1, -0.05) is 37.3 Å². The summed E-state index contributed by atoms with van der Waals surface area (Å²) in [4.78, 5) is 44.9. The molecule has 5 aliphatic heterocycles. The van der Waals surface area contributed by atoms with E-state index in [1.807, 2.05) is 25.7 Å². The van der Waals surface area contributed by atoms with Crippen LogP contribution in [0.1, 0.15) is 83.0 Å². The van der Waals surface area contributed by atoms with Crippen LogP contribution in [0, 0.1) is 0 Å². The van der Waals surface area contributed by atoms with E-state index in [2.05, 4.69) is 63.3 Å². The summed E-state index contributed by atoms with van der Waals surface area (Å²) < 4.78 is 18.0. The second-order valence-corrected chi connectivity index (χ2v) is 16.6. The molecule has 4 atom stereocenters. The summed E-state index contributed by atoms with van der Waals surface area (Å²) in [5, 5.41) is 5.14. The van der Waals surface area contributed by atoms with Gasteiger partial charge in [-0.25, -0.2) is 9.59 Å². The number of carbonyl (C=O) groups excluding carboxylic acids is 2. The van der Waals surface area contributed by atoms with Crippen LogP contribution in [0.4, 0.5) is 21.1 Å². The van der Waals surface area contributed by atoms with E-state index in [9.17, 15) is 9.59 Å². The van der Waals surface area contributed by atoms with Crippen molar-refractivity contribution in [3.8, 4) is 6.01 Å². The molecule has 5 aliphatic rings. The third-order valence-corrected chi connectivity index (χ3v) is 12.2. The van der Waals surface area contributed by atoms with Crippen molar-refractivity contribution in [1.82, 2.24) is 25.1 Å². The Hall–Kier alpha value is -4.32. The van der Waals surface area contributed by atoms with Gasteiger partial charge in [-0.2, -0.15) is 9.97 Å². The highest BCUT2D eigenvalue weighted by atomic mass is 16.6. The molecular weight excluding hydrogens is 670 g/mol. The Kier molecular flexibility index (Phi) is 9.53. The third kappa shape index (κ3) is 6.83. The van der Waals surface area contributed by atoms with Gasteiger partial charge in [0.15, 0.2) is 0 Å². The predicted molar refractivity (Wildman–Crippen MR) is 205 cm³/mol. The third-order valence-electron chi connectivity index (χ3n) is 12.2. The molecule has 4 saturated heterocycles. The number of aryl methyl sites for hydroxylation is 1. The number of piperazine rings is 1. The lowest BCUT2D eigenvalue weighted by atomic mass is 9.95. The molecule has 2 amide bonds. The first-order chi connectivity index (χ1) is 25.6. The largest absolute Gasteiger partial charge is 0.461 e. The van der Waals surface area contributed by atoms with E-state index in [4.69, 9.17) is 24.2 Å². The van der Waals surface area contributed by atoms with Crippen molar-refractivity contribution in [2.45, 2.75) is 115 Å². The first-order valence-electron chi connectivity index (χ1n) is 19.7. The molecule has 2 bridgehead atoms. The quantitative estimate of drug-likeness (QED) is 0.294. The van der Waals surface area contributed by atoms with Crippen molar-refractivity contribution in [2.24, 2.45) is 0 Å². The number of ether oxygens (including phenoxy) is 3. The lowest BCUT2D eigenvalue weighted by Crippen LogP contribution is -2.57. The Morgan fingerprint density at radius 1 is 0.981 bits per heavy atom. The van der Waals surface area contributed by atoms with Gasteiger partial charge >= 0.3 is 18.2 Å². The van der Waals surface area contributed by atoms with E-state index < -0.39 is 11.7 Å². The average molecular weight is 726 g/mol. The van der Waals surface area contributed by atoms with E-state index in [0.29, 0.717) is 38.9 Å². The molecule has 1 aromatic heterocycles. The number of aromatic nitrogens is 2. The summed E-state index contributed by atoms with van der Waals surface area (Å²) in [7, 11) is 1.59. The SMILES string of the molecule is CCc1cccc2cccc(N3CCc4c(nc(OCC56CCCN5C(COC(=O)NC)CC6)nc4N4C[C@H]5CC[C@@H](C4)N5C(=O)OC(C)(C)C)C3)c12. The Balaban J connectivity index is 1.09. The number of benzene rings is 2. The van der Waals surface area contributed by atoms with Crippen LogP contribution >= 0.6 is 0 Å². The first-order valence-corrected chi connectivity index (χ1v) is 19.7. The van der Waals surface area contributed by atoms with Crippen molar-refractivity contribution in [2.75, 3.05) is 56.2 Å². The van der Waals surface area contributed by atoms with Gasteiger partial charge < -0.3 is 29.3 Å². The van der Waals surface area contributed by atoms with Gasteiger partial charge in [0, 0.05) is 49.4 Å². The van der Waals surface area contributed by atoms with Gasteiger partial charge in [0.25, 0.3) is 0 Å². The van der Waals surface area contributed by atoms with Gasteiger partial charge in [0.2, 0.25) is 0 Å². The molecule has 8 rings (SSSR count). The number of hydrogen-bond acceptors (Lipinski definition) is 10. The van der Waals surface area contributed by atoms with Crippen molar-refractivity contribution in [3.63, 3.8) is 0 Å². The number of amides is 2. The van der Waals surface area contributed by atoms with Crippen molar-refractivity contribution in [3.05, 3.63) is 53.2 Å². The minimum absolute atomic E-state index is 0.0696. The second-order valence-electron chi connectivity index (χ2n) is 16.6. The Labute approximate surface area is 313 Å². The molecule has 6 heterocycles. The molecule has 12 nitrogen and oxygen atoms in total. The van der Waals surface area contributed by atoms with Crippen LogP contribution in [0.5, 0.6) is 6.01 Å². The fraction of sp³-hybridized carbons (Fsp3) is 0.610. The summed E-state index contributed by atoms with van der Waals surface area (Å²) in [5.74, 6) is 0.946. The maximum Gasteiger partial charge on any atom is 0.410 e. The van der Waals surface area contributed by atoms with Gasteiger partial charge in [0.1, 0.15) is 24.6 Å². The number of anilines is 2. The first kappa shape index (κ1) is 35.7. The predicted octanol–water partition coefficient (Wildman–Crippen LogP) is 6.07. The molecule has 0 saturated carbocycles. The highest BCUT2D eigenvalue weighted by Gasteiger charge is 2.50. The zero-order valence-electron chi connectivity index (χ0n) is 32.0. The van der Waals surface area contributed by atoms with E-state index in [-0.39, 0.29) is 29.8 Å². The normalized spacial score (nSPS) is 25.4. The van der Waals surface area contributed by atoms with Gasteiger partial charge in [-0.3, -0.25) is 9.80 Å². The van der Waals surface area contributed by atoms with Crippen LogP contribution in [0.25, 0.3) is 10.8 Å². The molecule has 0 aliphatic carbocycles. The van der Waals surface area contributed by atoms with Gasteiger partial charge in [0.05, 0.1) is 29.9 Å². The fourth-order valence-corrected chi connectivity index (χ4v) is 9.80. The summed E-state index contributed by atoms with van der Waals surface area (Å²) in [6, 6.07) is 14.0. The molecule has 3 aromatic rings. The molecule has 53 heavy (non-hydrogen) atoms. The number of alkyl carbamates (subject to hydrolysis) is 1. The number of carbonyl (C=O) groups is 2. The van der Waals surface area contributed by atoms with Crippen LogP contribution in [0.15, 0.2) is 36.4 Å². The second kappa shape index (κ2) is 14.2. The standard InChI is InChI=1S/C41H55N7O5/c1-6-27-10-7-11-28-12-8-13-34(35(27)28)45-21-17-32-33(24-45)43-37(52-26-41-18-9-20-47(41)31(16-19-41)25-51-38(49)42-5)44-36(32)46-22-29-14-15-30(23-46)48(29)39(50)53-40(2,3)4/h7-8,10-13,29-31H,6,9,14-26H2,1-5H3,(H,42,49)/t29-,30+,31?,41?. The zero-order chi connectivity index (χ0) is 36.9. The Morgan fingerprint density at radius 2 is 1.75 bits per heavy atom. The molecule has 2 aromatic carbocycles. The number of fused-ring (bicyclic) bond motifs is 5.